The maximum absolute atomic E-state index is 11.9. The number of aryl methyl sites for hydroxylation is 1. The van der Waals surface area contributed by atoms with Gasteiger partial charge >= 0.3 is 0 Å². The molecular formula is C14H16N2O2S. The van der Waals surface area contributed by atoms with Gasteiger partial charge in [0.1, 0.15) is 11.6 Å². The zero-order chi connectivity index (χ0) is 13.7. The zero-order valence-electron chi connectivity index (χ0n) is 10.8. The summed E-state index contributed by atoms with van der Waals surface area (Å²) in [5.41, 5.74) is 0.139. The number of hydrogen-bond acceptors (Lipinski definition) is 4. The van der Waals surface area contributed by atoms with E-state index in [2.05, 4.69) is 5.32 Å². The lowest BCUT2D eigenvalue weighted by Gasteiger charge is -2.09. The Kier molecular flexibility index (Phi) is 4.72. The van der Waals surface area contributed by atoms with Gasteiger partial charge in [0.25, 0.3) is 5.91 Å². The summed E-state index contributed by atoms with van der Waals surface area (Å²) in [6.07, 6.45) is 3.72. The summed E-state index contributed by atoms with van der Waals surface area (Å²) in [7, 11) is 0. The van der Waals surface area contributed by atoms with Gasteiger partial charge in [-0.25, -0.2) is 0 Å². The highest BCUT2D eigenvalue weighted by Crippen LogP contribution is 2.18. The summed E-state index contributed by atoms with van der Waals surface area (Å²) >= 11 is 1.56. The van der Waals surface area contributed by atoms with E-state index >= 15 is 0 Å². The summed E-state index contributed by atoms with van der Waals surface area (Å²) in [6, 6.07) is 5.83. The number of nitrogens with one attached hydrogen (secondary N) is 1. The Morgan fingerprint density at radius 1 is 1.68 bits per heavy atom. The Bertz CT molecular complexity index is 522. The van der Waals surface area contributed by atoms with Crippen LogP contribution in [0.5, 0.6) is 0 Å². The van der Waals surface area contributed by atoms with Crippen LogP contribution in [0.1, 0.15) is 22.6 Å². The number of nitriles is 1. The summed E-state index contributed by atoms with van der Waals surface area (Å²) in [5.74, 6) is -0.330. The molecule has 1 atom stereocenters. The Labute approximate surface area is 116 Å². The molecule has 0 aromatic carbocycles. The monoisotopic (exact) mass is 276 g/mol. The molecule has 0 unspecified atom stereocenters. The Morgan fingerprint density at radius 2 is 2.53 bits per heavy atom. The molecule has 0 aliphatic carbocycles. The molecule has 1 fully saturated rings. The minimum atomic E-state index is -0.330. The van der Waals surface area contributed by atoms with Crippen molar-refractivity contribution in [3.63, 3.8) is 0 Å². The average molecular weight is 276 g/mol. The van der Waals surface area contributed by atoms with Crippen molar-refractivity contribution < 1.29 is 9.53 Å². The first kappa shape index (κ1) is 13.8. The van der Waals surface area contributed by atoms with Crippen LogP contribution < -0.4 is 5.32 Å². The highest BCUT2D eigenvalue weighted by molar-refractivity contribution is 7.12. The van der Waals surface area contributed by atoms with Crippen molar-refractivity contribution in [1.29, 1.82) is 5.26 Å². The highest BCUT2D eigenvalue weighted by atomic mass is 32.1. The Hall–Kier alpha value is -1.64. The van der Waals surface area contributed by atoms with Crippen molar-refractivity contribution in [1.82, 2.24) is 5.32 Å². The molecule has 1 aromatic rings. The van der Waals surface area contributed by atoms with E-state index in [9.17, 15) is 4.79 Å². The maximum atomic E-state index is 11.9. The second kappa shape index (κ2) is 6.50. The number of thiophene rings is 1. The van der Waals surface area contributed by atoms with Crippen LogP contribution in [0.15, 0.2) is 17.7 Å². The third-order valence-corrected chi connectivity index (χ3v) is 3.87. The predicted octanol–water partition coefficient (Wildman–Crippen LogP) is 2.26. The minimum Gasteiger partial charge on any atom is -0.376 e. The molecule has 19 heavy (non-hydrogen) atoms. The van der Waals surface area contributed by atoms with Gasteiger partial charge in [0.05, 0.1) is 6.10 Å². The fourth-order valence-corrected chi connectivity index (χ4v) is 2.75. The lowest BCUT2D eigenvalue weighted by atomic mass is 10.2. The molecule has 1 aliphatic rings. The molecule has 0 bridgehead atoms. The van der Waals surface area contributed by atoms with Gasteiger partial charge in [0.2, 0.25) is 0 Å². The normalized spacial score (nSPS) is 19.2. The lowest BCUT2D eigenvalue weighted by molar-refractivity contribution is -0.117. The summed E-state index contributed by atoms with van der Waals surface area (Å²) < 4.78 is 5.42. The van der Waals surface area contributed by atoms with Crippen LogP contribution in [0.25, 0.3) is 6.08 Å². The predicted molar refractivity (Wildman–Crippen MR) is 74.6 cm³/mol. The largest absolute Gasteiger partial charge is 0.376 e. The number of hydrogen-bond donors (Lipinski definition) is 1. The van der Waals surface area contributed by atoms with Crippen molar-refractivity contribution in [2.75, 3.05) is 13.2 Å². The van der Waals surface area contributed by atoms with E-state index in [-0.39, 0.29) is 17.6 Å². The third kappa shape index (κ3) is 3.91. The molecule has 1 aliphatic heterocycles. The average Bonchev–Trinajstić information content (AvgIpc) is 3.04. The van der Waals surface area contributed by atoms with E-state index in [4.69, 9.17) is 10.00 Å². The molecule has 0 radical (unpaired) electrons. The smallest absolute Gasteiger partial charge is 0.262 e. The molecule has 1 N–H and O–H groups in total. The first-order valence-electron chi connectivity index (χ1n) is 6.27. The SMILES string of the molecule is Cc1ccc(/C=C(\C#N)C(=O)NC[C@@H]2CCCO2)s1. The lowest BCUT2D eigenvalue weighted by Crippen LogP contribution is -2.32. The molecule has 0 saturated carbocycles. The molecule has 5 heteroatoms. The van der Waals surface area contributed by atoms with Gasteiger partial charge in [-0.2, -0.15) is 5.26 Å². The number of ether oxygens (including phenoxy) is 1. The molecule has 2 heterocycles. The fraction of sp³-hybridized carbons (Fsp3) is 0.429. The number of nitrogens with zero attached hydrogens (tertiary/aromatic N) is 1. The van der Waals surface area contributed by atoms with Gasteiger partial charge in [-0.15, -0.1) is 11.3 Å². The molecule has 2 rings (SSSR count). The van der Waals surface area contributed by atoms with E-state index in [1.54, 1.807) is 17.4 Å². The highest BCUT2D eigenvalue weighted by Gasteiger charge is 2.17. The zero-order valence-corrected chi connectivity index (χ0v) is 11.6. The van der Waals surface area contributed by atoms with E-state index in [0.29, 0.717) is 6.54 Å². The van der Waals surface area contributed by atoms with Gasteiger partial charge in [0.15, 0.2) is 0 Å². The quantitative estimate of drug-likeness (QED) is 0.677. The van der Waals surface area contributed by atoms with Crippen molar-refractivity contribution >= 4 is 23.3 Å². The summed E-state index contributed by atoms with van der Waals surface area (Å²) in [5, 5.41) is 11.8. The van der Waals surface area contributed by atoms with Crippen molar-refractivity contribution in [2.24, 2.45) is 0 Å². The van der Waals surface area contributed by atoms with Gasteiger partial charge in [0, 0.05) is 22.9 Å². The molecule has 0 spiro atoms. The Morgan fingerprint density at radius 3 is 3.11 bits per heavy atom. The summed E-state index contributed by atoms with van der Waals surface area (Å²) in [4.78, 5) is 14.0. The van der Waals surface area contributed by atoms with Crippen LogP contribution in [-0.2, 0) is 9.53 Å². The van der Waals surface area contributed by atoms with Crippen LogP contribution in [0.2, 0.25) is 0 Å². The van der Waals surface area contributed by atoms with Gasteiger partial charge < -0.3 is 10.1 Å². The van der Waals surface area contributed by atoms with Crippen molar-refractivity contribution in [2.45, 2.75) is 25.9 Å². The van der Waals surface area contributed by atoms with E-state index < -0.39 is 0 Å². The van der Waals surface area contributed by atoms with Gasteiger partial charge in [-0.1, -0.05) is 0 Å². The molecule has 100 valence electrons. The maximum Gasteiger partial charge on any atom is 0.262 e. The number of carbonyl (C=O) groups excluding carboxylic acids is 1. The molecule has 1 amide bonds. The first-order valence-corrected chi connectivity index (χ1v) is 7.08. The number of amides is 1. The molecule has 1 aromatic heterocycles. The van der Waals surface area contributed by atoms with Gasteiger partial charge in [-0.05, 0) is 38.0 Å². The van der Waals surface area contributed by atoms with Crippen LogP contribution in [0, 0.1) is 18.3 Å². The topological polar surface area (TPSA) is 62.1 Å². The van der Waals surface area contributed by atoms with Crippen LogP contribution in [0.4, 0.5) is 0 Å². The minimum absolute atomic E-state index is 0.0906. The summed E-state index contributed by atoms with van der Waals surface area (Å²) in [6.45, 7) is 3.23. The fourth-order valence-electron chi connectivity index (χ4n) is 1.93. The second-order valence-corrected chi connectivity index (χ2v) is 5.78. The van der Waals surface area contributed by atoms with E-state index in [1.807, 2.05) is 25.1 Å². The van der Waals surface area contributed by atoms with E-state index in [1.165, 1.54) is 0 Å². The van der Waals surface area contributed by atoms with Crippen LogP contribution in [-0.4, -0.2) is 25.2 Å². The second-order valence-electron chi connectivity index (χ2n) is 4.46. The Balaban J connectivity index is 1.95. The first-order chi connectivity index (χ1) is 9.19. The molecule has 1 saturated heterocycles. The number of rotatable bonds is 4. The third-order valence-electron chi connectivity index (χ3n) is 2.93. The van der Waals surface area contributed by atoms with Gasteiger partial charge in [-0.3, -0.25) is 4.79 Å². The number of carbonyl (C=O) groups is 1. The molecule has 4 nitrogen and oxygen atoms in total. The molecular weight excluding hydrogens is 260 g/mol. The standard InChI is InChI=1S/C14H16N2O2S/c1-10-4-5-13(19-10)7-11(8-15)14(17)16-9-12-3-2-6-18-12/h4-5,7,12H,2-3,6,9H2,1H3,(H,16,17)/b11-7+/t12-/m0/s1. The van der Waals surface area contributed by atoms with E-state index in [0.717, 1.165) is 29.2 Å². The van der Waals surface area contributed by atoms with Crippen LogP contribution >= 0.6 is 11.3 Å². The van der Waals surface area contributed by atoms with Crippen molar-refractivity contribution in [3.05, 3.63) is 27.5 Å². The van der Waals surface area contributed by atoms with Crippen molar-refractivity contribution in [3.8, 4) is 6.07 Å². The van der Waals surface area contributed by atoms with Crippen LogP contribution in [0.3, 0.4) is 0 Å².